The van der Waals surface area contributed by atoms with Crippen LogP contribution in [0.25, 0.3) is 21.2 Å². The van der Waals surface area contributed by atoms with Gasteiger partial charge in [0.05, 0.1) is 5.69 Å². The molecule has 0 fully saturated rings. The molecule has 0 radical (unpaired) electrons. The predicted octanol–water partition coefficient (Wildman–Crippen LogP) is 4.17. The van der Waals surface area contributed by atoms with E-state index >= 15 is 0 Å². The molecule has 0 aliphatic carbocycles. The number of rotatable bonds is 1. The number of hydrogen-bond acceptors (Lipinski definition) is 3. The number of fused-ring (bicyclic) bond motifs is 1. The van der Waals surface area contributed by atoms with Gasteiger partial charge in [0.1, 0.15) is 5.76 Å². The summed E-state index contributed by atoms with van der Waals surface area (Å²) in [6, 6.07) is 8.62. The third-order valence-corrected chi connectivity index (χ3v) is 3.67. The number of thiophene rings is 1. The van der Waals surface area contributed by atoms with Gasteiger partial charge in [0.2, 0.25) is 0 Å². The molecule has 80 valence electrons. The van der Waals surface area contributed by atoms with Crippen LogP contribution in [0.2, 0.25) is 0 Å². The Morgan fingerprint density at radius 1 is 1.19 bits per heavy atom. The Labute approximate surface area is 97.5 Å². The summed E-state index contributed by atoms with van der Waals surface area (Å²) in [5.41, 5.74) is 3.25. The van der Waals surface area contributed by atoms with Gasteiger partial charge in [-0.1, -0.05) is 11.2 Å². The van der Waals surface area contributed by atoms with Crippen molar-refractivity contribution >= 4 is 21.4 Å². The van der Waals surface area contributed by atoms with Crippen LogP contribution in [0, 0.1) is 13.8 Å². The lowest BCUT2D eigenvalue weighted by Crippen LogP contribution is -1.81. The number of nitrogens with zero attached hydrogens (tertiary/aromatic N) is 1. The minimum absolute atomic E-state index is 0.882. The standard InChI is InChI=1S/C13H11NOS/c1-8-13(9(2)15-14-8)11-3-4-12-10(7-11)5-6-16-12/h3-7H,1-2H3. The van der Waals surface area contributed by atoms with E-state index in [1.165, 1.54) is 15.6 Å². The molecule has 2 aromatic heterocycles. The van der Waals surface area contributed by atoms with E-state index in [9.17, 15) is 0 Å². The van der Waals surface area contributed by atoms with Crippen LogP contribution in [-0.2, 0) is 0 Å². The van der Waals surface area contributed by atoms with Crippen molar-refractivity contribution in [2.24, 2.45) is 0 Å². The third kappa shape index (κ3) is 1.36. The average Bonchev–Trinajstić information content (AvgIpc) is 2.85. The second kappa shape index (κ2) is 3.46. The minimum Gasteiger partial charge on any atom is -0.361 e. The van der Waals surface area contributed by atoms with Crippen molar-refractivity contribution in [2.45, 2.75) is 13.8 Å². The van der Waals surface area contributed by atoms with Crippen LogP contribution in [0.5, 0.6) is 0 Å². The molecule has 0 atom stereocenters. The van der Waals surface area contributed by atoms with Gasteiger partial charge in [0.15, 0.2) is 0 Å². The van der Waals surface area contributed by atoms with Crippen molar-refractivity contribution in [3.8, 4) is 11.1 Å². The van der Waals surface area contributed by atoms with Gasteiger partial charge in [-0.3, -0.25) is 0 Å². The van der Waals surface area contributed by atoms with Gasteiger partial charge in [0, 0.05) is 10.3 Å². The molecule has 2 heterocycles. The molecule has 0 unspecified atom stereocenters. The fourth-order valence-corrected chi connectivity index (χ4v) is 2.79. The van der Waals surface area contributed by atoms with E-state index in [1.54, 1.807) is 11.3 Å². The summed E-state index contributed by atoms with van der Waals surface area (Å²) in [5, 5.41) is 7.38. The Balaban J connectivity index is 2.25. The van der Waals surface area contributed by atoms with Crippen LogP contribution < -0.4 is 0 Å². The minimum atomic E-state index is 0.882. The molecule has 3 aromatic rings. The molecular formula is C13H11NOS. The van der Waals surface area contributed by atoms with E-state index in [2.05, 4.69) is 34.8 Å². The normalized spacial score (nSPS) is 11.1. The topological polar surface area (TPSA) is 26.0 Å². The molecule has 0 saturated heterocycles. The molecule has 0 saturated carbocycles. The average molecular weight is 229 g/mol. The molecule has 16 heavy (non-hydrogen) atoms. The van der Waals surface area contributed by atoms with Crippen molar-refractivity contribution in [3.05, 3.63) is 41.1 Å². The van der Waals surface area contributed by atoms with Gasteiger partial charge in [0.25, 0.3) is 0 Å². The Hall–Kier alpha value is -1.61. The van der Waals surface area contributed by atoms with Crippen LogP contribution in [0.15, 0.2) is 34.2 Å². The van der Waals surface area contributed by atoms with Crippen LogP contribution in [-0.4, -0.2) is 5.16 Å². The van der Waals surface area contributed by atoms with Crippen molar-refractivity contribution in [3.63, 3.8) is 0 Å². The second-order valence-electron chi connectivity index (χ2n) is 3.87. The zero-order valence-corrected chi connectivity index (χ0v) is 9.97. The molecule has 0 aliphatic rings. The molecular weight excluding hydrogens is 218 g/mol. The summed E-state index contributed by atoms with van der Waals surface area (Å²) in [7, 11) is 0. The van der Waals surface area contributed by atoms with E-state index in [0.29, 0.717) is 0 Å². The molecule has 0 spiro atoms. The highest BCUT2D eigenvalue weighted by atomic mass is 32.1. The van der Waals surface area contributed by atoms with E-state index in [4.69, 9.17) is 4.52 Å². The van der Waals surface area contributed by atoms with Gasteiger partial charge >= 0.3 is 0 Å². The largest absolute Gasteiger partial charge is 0.361 e. The summed E-state index contributed by atoms with van der Waals surface area (Å²) in [6.45, 7) is 3.93. The van der Waals surface area contributed by atoms with Crippen LogP contribution in [0.1, 0.15) is 11.5 Å². The van der Waals surface area contributed by atoms with E-state index in [1.807, 2.05) is 13.8 Å². The van der Waals surface area contributed by atoms with Gasteiger partial charge in [-0.05, 0) is 48.4 Å². The number of benzene rings is 1. The second-order valence-corrected chi connectivity index (χ2v) is 4.82. The smallest absolute Gasteiger partial charge is 0.141 e. The summed E-state index contributed by atoms with van der Waals surface area (Å²) >= 11 is 1.76. The maximum absolute atomic E-state index is 5.20. The molecule has 0 bridgehead atoms. The highest BCUT2D eigenvalue weighted by Gasteiger charge is 2.11. The van der Waals surface area contributed by atoms with Crippen LogP contribution in [0.4, 0.5) is 0 Å². The summed E-state index contributed by atoms with van der Waals surface area (Å²) < 4.78 is 6.51. The molecule has 0 amide bonds. The highest BCUT2D eigenvalue weighted by Crippen LogP contribution is 2.31. The monoisotopic (exact) mass is 229 g/mol. The molecule has 3 rings (SSSR count). The lowest BCUT2D eigenvalue weighted by atomic mass is 10.0. The number of aromatic nitrogens is 1. The van der Waals surface area contributed by atoms with E-state index < -0.39 is 0 Å². The zero-order valence-electron chi connectivity index (χ0n) is 9.15. The SMILES string of the molecule is Cc1noc(C)c1-c1ccc2sccc2c1. The van der Waals surface area contributed by atoms with Crippen molar-refractivity contribution < 1.29 is 4.52 Å². The predicted molar refractivity (Wildman–Crippen MR) is 66.8 cm³/mol. The van der Waals surface area contributed by atoms with Crippen molar-refractivity contribution in [1.82, 2.24) is 5.16 Å². The summed E-state index contributed by atoms with van der Waals surface area (Å²) in [6.07, 6.45) is 0. The number of hydrogen-bond donors (Lipinski definition) is 0. The third-order valence-electron chi connectivity index (χ3n) is 2.77. The lowest BCUT2D eigenvalue weighted by Gasteiger charge is -2.00. The molecule has 3 heteroatoms. The lowest BCUT2D eigenvalue weighted by molar-refractivity contribution is 0.393. The fourth-order valence-electron chi connectivity index (χ4n) is 2.02. The Bertz CT molecular complexity index is 631. The first-order valence-corrected chi connectivity index (χ1v) is 6.04. The zero-order chi connectivity index (χ0) is 11.1. The first-order valence-electron chi connectivity index (χ1n) is 5.16. The Morgan fingerprint density at radius 3 is 2.81 bits per heavy atom. The summed E-state index contributed by atoms with van der Waals surface area (Å²) in [5.74, 6) is 0.882. The highest BCUT2D eigenvalue weighted by molar-refractivity contribution is 7.17. The molecule has 0 N–H and O–H groups in total. The molecule has 2 nitrogen and oxygen atoms in total. The maximum atomic E-state index is 5.20. The van der Waals surface area contributed by atoms with E-state index in [0.717, 1.165) is 17.0 Å². The maximum Gasteiger partial charge on any atom is 0.141 e. The first-order chi connectivity index (χ1) is 7.75. The van der Waals surface area contributed by atoms with Gasteiger partial charge < -0.3 is 4.52 Å². The fraction of sp³-hybridized carbons (Fsp3) is 0.154. The molecule has 1 aromatic carbocycles. The van der Waals surface area contributed by atoms with Gasteiger partial charge in [-0.15, -0.1) is 11.3 Å². The summed E-state index contributed by atoms with van der Waals surface area (Å²) in [4.78, 5) is 0. The van der Waals surface area contributed by atoms with Gasteiger partial charge in [-0.2, -0.15) is 0 Å². The van der Waals surface area contributed by atoms with Crippen molar-refractivity contribution in [1.29, 1.82) is 0 Å². The first kappa shape index (κ1) is 9.60. The Morgan fingerprint density at radius 2 is 2.06 bits per heavy atom. The Kier molecular flexibility index (Phi) is 2.07. The van der Waals surface area contributed by atoms with Crippen LogP contribution in [0.3, 0.4) is 0 Å². The van der Waals surface area contributed by atoms with Crippen LogP contribution >= 0.6 is 11.3 Å². The van der Waals surface area contributed by atoms with Crippen molar-refractivity contribution in [2.75, 3.05) is 0 Å². The van der Waals surface area contributed by atoms with E-state index in [-0.39, 0.29) is 0 Å². The molecule has 0 aliphatic heterocycles. The number of aryl methyl sites for hydroxylation is 2. The quantitative estimate of drug-likeness (QED) is 0.625. The van der Waals surface area contributed by atoms with Gasteiger partial charge in [-0.25, -0.2) is 0 Å².